The number of H-pyrrole nitrogens is 1. The number of halogens is 1. The summed E-state index contributed by atoms with van der Waals surface area (Å²) in [7, 11) is 0. The molecule has 0 saturated carbocycles. The first-order chi connectivity index (χ1) is 10.4. The minimum Gasteiger partial charge on any atom is -0.351 e. The number of aromatic amines is 1. The number of aromatic nitrogens is 1. The summed E-state index contributed by atoms with van der Waals surface area (Å²) < 4.78 is 0. The van der Waals surface area contributed by atoms with Crippen LogP contribution in [0, 0.1) is 5.92 Å². The van der Waals surface area contributed by atoms with E-state index in [1.54, 1.807) is 24.0 Å². The van der Waals surface area contributed by atoms with Crippen molar-refractivity contribution < 1.29 is 9.59 Å². The summed E-state index contributed by atoms with van der Waals surface area (Å²) in [6.07, 6.45) is 0. The summed E-state index contributed by atoms with van der Waals surface area (Å²) in [5, 5.41) is 4.55. The second kappa shape index (κ2) is 5.65. The lowest BCUT2D eigenvalue weighted by molar-refractivity contribution is -0.135. The highest BCUT2D eigenvalue weighted by Gasteiger charge is 2.33. The molecule has 2 heterocycles. The molecule has 1 aromatic heterocycles. The third-order valence-electron chi connectivity index (χ3n) is 4.25. The van der Waals surface area contributed by atoms with E-state index in [0.29, 0.717) is 29.7 Å². The van der Waals surface area contributed by atoms with E-state index < -0.39 is 0 Å². The Morgan fingerprint density at radius 1 is 1.36 bits per heavy atom. The fourth-order valence-electron chi connectivity index (χ4n) is 2.71. The number of carbonyl (C=O) groups excluding carboxylic acids is 2. The highest BCUT2D eigenvalue weighted by Crippen LogP contribution is 2.22. The van der Waals surface area contributed by atoms with Crippen LogP contribution >= 0.6 is 11.6 Å². The summed E-state index contributed by atoms with van der Waals surface area (Å²) in [5.41, 5.74) is 1.40. The van der Waals surface area contributed by atoms with Crippen molar-refractivity contribution in [3.8, 4) is 0 Å². The third kappa shape index (κ3) is 2.81. The van der Waals surface area contributed by atoms with E-state index in [1.807, 2.05) is 19.1 Å². The molecule has 0 bridgehead atoms. The van der Waals surface area contributed by atoms with E-state index in [4.69, 9.17) is 11.6 Å². The van der Waals surface area contributed by atoms with Crippen LogP contribution in [0.3, 0.4) is 0 Å². The van der Waals surface area contributed by atoms with Crippen molar-refractivity contribution >= 4 is 34.3 Å². The molecular weight excluding hydrogens is 302 g/mol. The van der Waals surface area contributed by atoms with Gasteiger partial charge in [-0.15, -0.1) is 0 Å². The molecule has 1 aliphatic rings. The monoisotopic (exact) mass is 319 g/mol. The molecular formula is C16H18ClN3O2. The number of carbonyl (C=O) groups is 2. The Hall–Kier alpha value is -2.01. The Bertz CT molecular complexity index is 734. The van der Waals surface area contributed by atoms with E-state index in [1.165, 1.54) is 0 Å². The number of likely N-dealkylation sites (tertiary alicyclic amines) is 1. The van der Waals surface area contributed by atoms with Gasteiger partial charge in [-0.1, -0.05) is 11.6 Å². The van der Waals surface area contributed by atoms with Crippen molar-refractivity contribution in [1.82, 2.24) is 15.2 Å². The van der Waals surface area contributed by atoms with Gasteiger partial charge < -0.3 is 15.2 Å². The van der Waals surface area contributed by atoms with Crippen LogP contribution in [0.4, 0.5) is 0 Å². The number of nitrogens with zero attached hydrogens (tertiary/aromatic N) is 1. The number of hydrogen-bond donors (Lipinski definition) is 2. The molecule has 1 saturated heterocycles. The highest BCUT2D eigenvalue weighted by molar-refractivity contribution is 6.31. The highest BCUT2D eigenvalue weighted by atomic mass is 35.5. The second-order valence-electron chi connectivity index (χ2n) is 5.86. The van der Waals surface area contributed by atoms with Gasteiger partial charge >= 0.3 is 0 Å². The van der Waals surface area contributed by atoms with E-state index in [9.17, 15) is 9.59 Å². The maximum atomic E-state index is 12.3. The molecule has 116 valence electrons. The topological polar surface area (TPSA) is 65.2 Å². The van der Waals surface area contributed by atoms with Crippen LogP contribution in [0.1, 0.15) is 24.3 Å². The van der Waals surface area contributed by atoms with Gasteiger partial charge in [-0.25, -0.2) is 0 Å². The largest absolute Gasteiger partial charge is 0.351 e. The lowest BCUT2D eigenvalue weighted by atomic mass is 9.92. The standard InChI is InChI=1S/C16H18ClN3O2/c1-9(12-7-20(8-12)10(2)21)18-16(22)15-6-11-5-13(17)3-4-14(11)19-15/h3-6,9,12,19H,7-8H2,1-2H3,(H,18,22). The normalized spacial score (nSPS) is 16.4. The van der Waals surface area contributed by atoms with Gasteiger partial charge in [-0.05, 0) is 31.2 Å². The van der Waals surface area contributed by atoms with E-state index in [0.717, 1.165) is 10.9 Å². The van der Waals surface area contributed by atoms with Crippen LogP contribution in [0.2, 0.25) is 5.02 Å². The summed E-state index contributed by atoms with van der Waals surface area (Å²) in [6.45, 7) is 4.95. The molecule has 5 nitrogen and oxygen atoms in total. The zero-order valence-electron chi connectivity index (χ0n) is 12.5. The summed E-state index contributed by atoms with van der Waals surface area (Å²) >= 11 is 5.95. The smallest absolute Gasteiger partial charge is 0.267 e. The fraction of sp³-hybridized carbons (Fsp3) is 0.375. The van der Waals surface area contributed by atoms with E-state index in [2.05, 4.69) is 10.3 Å². The molecule has 2 amide bonds. The summed E-state index contributed by atoms with van der Waals surface area (Å²) in [4.78, 5) is 28.4. The van der Waals surface area contributed by atoms with Crippen molar-refractivity contribution in [2.75, 3.05) is 13.1 Å². The zero-order valence-corrected chi connectivity index (χ0v) is 13.3. The molecule has 1 unspecified atom stereocenters. The van der Waals surface area contributed by atoms with Crippen LogP contribution < -0.4 is 5.32 Å². The number of fused-ring (bicyclic) bond motifs is 1. The predicted molar refractivity (Wildman–Crippen MR) is 86.0 cm³/mol. The average Bonchev–Trinajstić information content (AvgIpc) is 2.79. The number of nitrogens with one attached hydrogen (secondary N) is 2. The van der Waals surface area contributed by atoms with Gasteiger partial charge in [0.2, 0.25) is 5.91 Å². The molecule has 22 heavy (non-hydrogen) atoms. The Morgan fingerprint density at radius 3 is 2.77 bits per heavy atom. The van der Waals surface area contributed by atoms with Crippen molar-refractivity contribution in [3.63, 3.8) is 0 Å². The van der Waals surface area contributed by atoms with Crippen molar-refractivity contribution in [1.29, 1.82) is 0 Å². The van der Waals surface area contributed by atoms with Gasteiger partial charge in [0.05, 0.1) is 0 Å². The number of amides is 2. The maximum Gasteiger partial charge on any atom is 0.267 e. The van der Waals surface area contributed by atoms with Crippen molar-refractivity contribution in [2.24, 2.45) is 5.92 Å². The predicted octanol–water partition coefficient (Wildman–Crippen LogP) is 2.42. The Labute approximate surface area is 133 Å². The number of hydrogen-bond acceptors (Lipinski definition) is 2. The van der Waals surface area contributed by atoms with Gasteiger partial charge in [-0.3, -0.25) is 9.59 Å². The van der Waals surface area contributed by atoms with Crippen LogP contribution in [0.15, 0.2) is 24.3 Å². The van der Waals surface area contributed by atoms with Crippen LogP contribution in [-0.2, 0) is 4.79 Å². The van der Waals surface area contributed by atoms with Gasteiger partial charge in [0.1, 0.15) is 5.69 Å². The van der Waals surface area contributed by atoms with Crippen LogP contribution in [0.25, 0.3) is 10.9 Å². The third-order valence-corrected chi connectivity index (χ3v) is 4.48. The molecule has 1 fully saturated rings. The second-order valence-corrected chi connectivity index (χ2v) is 6.30. The van der Waals surface area contributed by atoms with Gasteiger partial charge in [0.15, 0.2) is 0 Å². The Kier molecular flexibility index (Phi) is 3.83. The first-order valence-corrected chi connectivity index (χ1v) is 7.66. The Balaban J connectivity index is 1.64. The maximum absolute atomic E-state index is 12.3. The molecule has 2 aromatic rings. The SMILES string of the molecule is CC(=O)N1CC(C(C)NC(=O)c2cc3cc(Cl)ccc3[nH]2)C1. The first-order valence-electron chi connectivity index (χ1n) is 7.28. The summed E-state index contributed by atoms with van der Waals surface area (Å²) in [6, 6.07) is 7.29. The van der Waals surface area contributed by atoms with Gasteiger partial charge in [0.25, 0.3) is 5.91 Å². The molecule has 1 aromatic carbocycles. The molecule has 0 radical (unpaired) electrons. The average molecular weight is 320 g/mol. The lowest BCUT2D eigenvalue weighted by Gasteiger charge is -2.42. The lowest BCUT2D eigenvalue weighted by Crippen LogP contribution is -2.56. The minimum atomic E-state index is -0.138. The molecule has 1 atom stereocenters. The minimum absolute atomic E-state index is 0.0260. The Morgan fingerprint density at radius 2 is 2.09 bits per heavy atom. The van der Waals surface area contributed by atoms with Crippen LogP contribution in [-0.4, -0.2) is 40.8 Å². The fourth-order valence-corrected chi connectivity index (χ4v) is 2.89. The molecule has 0 aliphatic carbocycles. The molecule has 0 spiro atoms. The van der Waals surface area contributed by atoms with Gasteiger partial charge in [0, 0.05) is 47.9 Å². The molecule has 3 rings (SSSR count). The quantitative estimate of drug-likeness (QED) is 0.912. The van der Waals surface area contributed by atoms with Gasteiger partial charge in [-0.2, -0.15) is 0 Å². The molecule has 1 aliphatic heterocycles. The number of benzene rings is 1. The molecule has 2 N–H and O–H groups in total. The first kappa shape index (κ1) is 14.9. The van der Waals surface area contributed by atoms with Crippen molar-refractivity contribution in [3.05, 3.63) is 35.0 Å². The zero-order chi connectivity index (χ0) is 15.9. The molecule has 6 heteroatoms. The van der Waals surface area contributed by atoms with E-state index >= 15 is 0 Å². The number of rotatable bonds is 3. The summed E-state index contributed by atoms with van der Waals surface area (Å²) in [5.74, 6) is 0.259. The van der Waals surface area contributed by atoms with Crippen molar-refractivity contribution in [2.45, 2.75) is 19.9 Å². The van der Waals surface area contributed by atoms with Crippen LogP contribution in [0.5, 0.6) is 0 Å². The van der Waals surface area contributed by atoms with E-state index in [-0.39, 0.29) is 17.9 Å².